The highest BCUT2D eigenvalue weighted by Gasteiger charge is 2.19. The third kappa shape index (κ3) is 3.85. The van der Waals surface area contributed by atoms with E-state index in [1.54, 1.807) is 6.92 Å². The molecule has 0 saturated heterocycles. The fourth-order valence-electron chi connectivity index (χ4n) is 1.27. The van der Waals surface area contributed by atoms with Crippen molar-refractivity contribution in [1.82, 2.24) is 9.97 Å². The molecule has 0 unspecified atom stereocenters. The summed E-state index contributed by atoms with van der Waals surface area (Å²) in [5, 5.41) is 0.761. The van der Waals surface area contributed by atoms with Crippen LogP contribution < -0.4 is 0 Å². The quantitative estimate of drug-likeness (QED) is 0.271. The second-order valence-corrected chi connectivity index (χ2v) is 4.87. The van der Waals surface area contributed by atoms with E-state index in [1.165, 1.54) is 18.9 Å². The standard InChI is InChI=1S/C11H15ClN2O2S/c1-4-5-6-17-9-8(10(15)16-3)7(2)13-11(12)14-9/h4-6H2,1-3H3. The molecule has 1 heterocycles. The molecule has 0 N–H and O–H groups in total. The number of rotatable bonds is 5. The molecule has 1 aromatic heterocycles. The second kappa shape index (κ2) is 6.81. The summed E-state index contributed by atoms with van der Waals surface area (Å²) in [6, 6.07) is 0. The molecule has 4 nitrogen and oxygen atoms in total. The summed E-state index contributed by atoms with van der Waals surface area (Å²) < 4.78 is 4.73. The minimum Gasteiger partial charge on any atom is -0.465 e. The van der Waals surface area contributed by atoms with E-state index in [2.05, 4.69) is 16.9 Å². The molecule has 0 bridgehead atoms. The van der Waals surface area contributed by atoms with Crippen molar-refractivity contribution in [3.8, 4) is 0 Å². The lowest BCUT2D eigenvalue weighted by molar-refractivity contribution is 0.0594. The molecule has 0 saturated carbocycles. The van der Waals surface area contributed by atoms with E-state index < -0.39 is 5.97 Å². The van der Waals surface area contributed by atoms with Crippen LogP contribution >= 0.6 is 23.4 Å². The zero-order valence-corrected chi connectivity index (χ0v) is 11.7. The van der Waals surface area contributed by atoms with Crippen molar-refractivity contribution in [3.63, 3.8) is 0 Å². The van der Waals surface area contributed by atoms with Crippen molar-refractivity contribution >= 4 is 29.3 Å². The number of nitrogens with zero attached hydrogens (tertiary/aromatic N) is 2. The van der Waals surface area contributed by atoms with Gasteiger partial charge in [0, 0.05) is 0 Å². The molecular formula is C11H15ClN2O2S. The lowest BCUT2D eigenvalue weighted by Gasteiger charge is -2.09. The first-order valence-corrected chi connectivity index (χ1v) is 6.71. The molecule has 0 atom stereocenters. The van der Waals surface area contributed by atoms with Crippen LogP contribution in [0.3, 0.4) is 0 Å². The SMILES string of the molecule is CCCCSc1nc(Cl)nc(C)c1C(=O)OC. The van der Waals surface area contributed by atoms with Gasteiger partial charge in [-0.05, 0) is 30.7 Å². The van der Waals surface area contributed by atoms with Crippen LogP contribution in [-0.4, -0.2) is 28.8 Å². The minimum atomic E-state index is -0.418. The predicted octanol–water partition coefficient (Wildman–Crippen LogP) is 3.12. The third-order valence-electron chi connectivity index (χ3n) is 2.16. The Kier molecular flexibility index (Phi) is 5.71. The van der Waals surface area contributed by atoms with E-state index in [4.69, 9.17) is 16.3 Å². The maximum absolute atomic E-state index is 11.6. The van der Waals surface area contributed by atoms with E-state index in [-0.39, 0.29) is 5.28 Å². The van der Waals surface area contributed by atoms with Gasteiger partial charge in [-0.1, -0.05) is 13.3 Å². The number of hydrogen-bond acceptors (Lipinski definition) is 5. The van der Waals surface area contributed by atoms with Crippen LogP contribution in [0.4, 0.5) is 0 Å². The van der Waals surface area contributed by atoms with Crippen molar-refractivity contribution in [2.75, 3.05) is 12.9 Å². The van der Waals surface area contributed by atoms with Gasteiger partial charge >= 0.3 is 5.97 Å². The number of thioether (sulfide) groups is 1. The molecule has 1 aromatic rings. The normalized spacial score (nSPS) is 10.4. The Morgan fingerprint density at radius 3 is 2.76 bits per heavy atom. The topological polar surface area (TPSA) is 52.1 Å². The molecule has 94 valence electrons. The summed E-state index contributed by atoms with van der Waals surface area (Å²) in [4.78, 5) is 19.7. The molecule has 6 heteroatoms. The summed E-state index contributed by atoms with van der Waals surface area (Å²) >= 11 is 7.30. The number of hydrogen-bond donors (Lipinski definition) is 0. The predicted molar refractivity (Wildman–Crippen MR) is 68.8 cm³/mol. The third-order valence-corrected chi connectivity index (χ3v) is 3.39. The Morgan fingerprint density at radius 2 is 2.18 bits per heavy atom. The molecule has 0 amide bonds. The molecule has 0 radical (unpaired) electrons. The summed E-state index contributed by atoms with van der Waals surface area (Å²) in [5.41, 5.74) is 0.967. The van der Waals surface area contributed by atoms with Crippen LogP contribution in [0.1, 0.15) is 35.8 Å². The lowest BCUT2D eigenvalue weighted by Crippen LogP contribution is -2.09. The Bertz CT molecular complexity index is 413. The van der Waals surface area contributed by atoms with Gasteiger partial charge in [0.2, 0.25) is 5.28 Å². The number of aryl methyl sites for hydroxylation is 1. The van der Waals surface area contributed by atoms with Gasteiger partial charge in [0.1, 0.15) is 10.6 Å². The van der Waals surface area contributed by atoms with Gasteiger partial charge in [-0.15, -0.1) is 11.8 Å². The number of unbranched alkanes of at least 4 members (excludes halogenated alkanes) is 1. The summed E-state index contributed by atoms with van der Waals surface area (Å²) in [6.45, 7) is 3.84. The molecule has 0 fully saturated rings. The molecule has 0 aliphatic heterocycles. The van der Waals surface area contributed by atoms with Gasteiger partial charge in [-0.3, -0.25) is 0 Å². The highest BCUT2D eigenvalue weighted by atomic mass is 35.5. The smallest absolute Gasteiger partial charge is 0.342 e. The number of carbonyl (C=O) groups excluding carboxylic acids is 1. The molecular weight excluding hydrogens is 260 g/mol. The molecule has 0 aliphatic rings. The van der Waals surface area contributed by atoms with Crippen molar-refractivity contribution in [2.45, 2.75) is 31.7 Å². The average Bonchev–Trinajstić information content (AvgIpc) is 2.28. The van der Waals surface area contributed by atoms with Gasteiger partial charge in [0.25, 0.3) is 0 Å². The molecule has 1 rings (SSSR count). The lowest BCUT2D eigenvalue weighted by atomic mass is 10.2. The fraction of sp³-hybridized carbons (Fsp3) is 0.545. The average molecular weight is 275 g/mol. The Labute approximate surface area is 110 Å². The zero-order chi connectivity index (χ0) is 12.8. The fourth-order valence-corrected chi connectivity index (χ4v) is 2.68. The highest BCUT2D eigenvalue weighted by molar-refractivity contribution is 7.99. The van der Waals surface area contributed by atoms with Crippen molar-refractivity contribution in [1.29, 1.82) is 0 Å². The van der Waals surface area contributed by atoms with Crippen LogP contribution in [0.5, 0.6) is 0 Å². The Balaban J connectivity index is 3.02. The maximum Gasteiger partial charge on any atom is 0.342 e. The number of carbonyl (C=O) groups is 1. The Hall–Kier alpha value is -0.810. The largest absolute Gasteiger partial charge is 0.465 e. The van der Waals surface area contributed by atoms with E-state index in [9.17, 15) is 4.79 Å². The number of ether oxygens (including phenoxy) is 1. The molecule has 0 spiro atoms. The molecule has 0 aromatic carbocycles. The van der Waals surface area contributed by atoms with Gasteiger partial charge < -0.3 is 4.74 Å². The zero-order valence-electron chi connectivity index (χ0n) is 10.1. The van der Waals surface area contributed by atoms with Crippen LogP contribution in [0.25, 0.3) is 0 Å². The van der Waals surface area contributed by atoms with Gasteiger partial charge in [-0.2, -0.15) is 0 Å². The van der Waals surface area contributed by atoms with Crippen LogP contribution in [-0.2, 0) is 4.74 Å². The van der Waals surface area contributed by atoms with Crippen LogP contribution in [0, 0.1) is 6.92 Å². The van der Waals surface area contributed by atoms with Gasteiger partial charge in [0.05, 0.1) is 12.8 Å². The van der Waals surface area contributed by atoms with Gasteiger partial charge in [-0.25, -0.2) is 14.8 Å². The van der Waals surface area contributed by atoms with Crippen LogP contribution in [0.2, 0.25) is 5.28 Å². The number of esters is 1. The number of halogens is 1. The number of methoxy groups -OCH3 is 1. The van der Waals surface area contributed by atoms with Crippen molar-refractivity contribution in [3.05, 3.63) is 16.5 Å². The Morgan fingerprint density at radius 1 is 1.47 bits per heavy atom. The summed E-state index contributed by atoms with van der Waals surface area (Å²) in [5.74, 6) is 0.478. The summed E-state index contributed by atoms with van der Waals surface area (Å²) in [7, 11) is 1.34. The van der Waals surface area contributed by atoms with E-state index >= 15 is 0 Å². The van der Waals surface area contributed by atoms with E-state index in [0.717, 1.165) is 18.6 Å². The maximum atomic E-state index is 11.6. The summed E-state index contributed by atoms with van der Waals surface area (Å²) in [6.07, 6.45) is 2.16. The second-order valence-electron chi connectivity index (χ2n) is 3.45. The van der Waals surface area contributed by atoms with Crippen molar-refractivity contribution < 1.29 is 9.53 Å². The molecule has 0 aliphatic carbocycles. The first-order chi connectivity index (χ1) is 8.10. The minimum absolute atomic E-state index is 0.161. The molecule has 17 heavy (non-hydrogen) atoms. The van der Waals surface area contributed by atoms with Crippen LogP contribution in [0.15, 0.2) is 5.03 Å². The van der Waals surface area contributed by atoms with Crippen molar-refractivity contribution in [2.24, 2.45) is 0 Å². The monoisotopic (exact) mass is 274 g/mol. The van der Waals surface area contributed by atoms with Gasteiger partial charge in [0.15, 0.2) is 0 Å². The first kappa shape index (κ1) is 14.3. The van der Waals surface area contributed by atoms with E-state index in [0.29, 0.717) is 16.3 Å². The number of aromatic nitrogens is 2. The highest BCUT2D eigenvalue weighted by Crippen LogP contribution is 2.25. The first-order valence-electron chi connectivity index (χ1n) is 5.35. The van der Waals surface area contributed by atoms with E-state index in [1.807, 2.05) is 0 Å².